The van der Waals surface area contributed by atoms with Gasteiger partial charge in [0.1, 0.15) is 5.82 Å². The Morgan fingerprint density at radius 3 is 2.71 bits per heavy atom. The molecular weight excluding hydrogens is 176 g/mol. The van der Waals surface area contributed by atoms with Gasteiger partial charge in [0.05, 0.1) is 11.9 Å². The Hall–Kier alpha value is -1.19. The van der Waals surface area contributed by atoms with Crippen LogP contribution in [-0.4, -0.2) is 15.7 Å². The Morgan fingerprint density at radius 1 is 1.43 bits per heavy atom. The van der Waals surface area contributed by atoms with Crippen LogP contribution in [0.25, 0.3) is 0 Å². The first-order chi connectivity index (χ1) is 6.70. The topological polar surface area (TPSA) is 66.7 Å². The Bertz CT molecular complexity index is 299. The molecule has 1 heterocycles. The number of hydrogen-bond acceptors (Lipinski definition) is 3. The number of anilines is 2. The minimum Gasteiger partial charge on any atom is -0.382 e. The molecule has 2 rings (SSSR count). The van der Waals surface area contributed by atoms with Crippen LogP contribution in [0.5, 0.6) is 0 Å². The second-order valence-electron chi connectivity index (χ2n) is 4.44. The molecule has 0 spiro atoms. The van der Waals surface area contributed by atoms with Crippen LogP contribution < -0.4 is 11.1 Å². The highest BCUT2D eigenvalue weighted by Gasteiger charge is 2.27. The van der Waals surface area contributed by atoms with Crippen molar-refractivity contribution in [1.29, 1.82) is 0 Å². The first kappa shape index (κ1) is 9.37. The first-order valence-electron chi connectivity index (χ1n) is 5.27. The summed E-state index contributed by atoms with van der Waals surface area (Å²) in [5.41, 5.74) is 6.88. The summed E-state index contributed by atoms with van der Waals surface area (Å²) in [5.74, 6) is 0.636. The molecule has 14 heavy (non-hydrogen) atoms. The lowest BCUT2D eigenvalue weighted by Crippen LogP contribution is -2.36. The van der Waals surface area contributed by atoms with Gasteiger partial charge in [-0.1, -0.05) is 19.3 Å². The highest BCUT2D eigenvalue weighted by atomic mass is 15.2. The molecule has 1 aliphatic carbocycles. The van der Waals surface area contributed by atoms with Gasteiger partial charge in [0.15, 0.2) is 0 Å². The molecule has 0 bridgehead atoms. The maximum absolute atomic E-state index is 5.74. The SMILES string of the molecule is CC1(Nc2cn[nH]c2N)CCCCC1. The highest BCUT2D eigenvalue weighted by Crippen LogP contribution is 2.32. The second kappa shape index (κ2) is 3.52. The van der Waals surface area contributed by atoms with Gasteiger partial charge in [-0.3, -0.25) is 5.10 Å². The summed E-state index contributed by atoms with van der Waals surface area (Å²) < 4.78 is 0. The van der Waals surface area contributed by atoms with Crippen LogP contribution in [0, 0.1) is 0 Å². The van der Waals surface area contributed by atoms with E-state index in [1.807, 2.05) is 0 Å². The van der Waals surface area contributed by atoms with Gasteiger partial charge in [-0.05, 0) is 19.8 Å². The van der Waals surface area contributed by atoms with Crippen molar-refractivity contribution in [1.82, 2.24) is 10.2 Å². The molecule has 4 nitrogen and oxygen atoms in total. The second-order valence-corrected chi connectivity index (χ2v) is 4.44. The molecular formula is C10H18N4. The van der Waals surface area contributed by atoms with Gasteiger partial charge < -0.3 is 11.1 Å². The fraction of sp³-hybridized carbons (Fsp3) is 0.700. The van der Waals surface area contributed by atoms with E-state index in [9.17, 15) is 0 Å². The van der Waals surface area contributed by atoms with Crippen molar-refractivity contribution >= 4 is 11.5 Å². The quantitative estimate of drug-likeness (QED) is 0.675. The summed E-state index contributed by atoms with van der Waals surface area (Å²) in [6.45, 7) is 2.26. The Balaban J connectivity index is 2.05. The molecule has 0 aromatic carbocycles. The molecule has 0 saturated heterocycles. The van der Waals surface area contributed by atoms with Crippen LogP contribution in [-0.2, 0) is 0 Å². The zero-order valence-electron chi connectivity index (χ0n) is 8.64. The highest BCUT2D eigenvalue weighted by molar-refractivity contribution is 5.61. The molecule has 4 heteroatoms. The number of rotatable bonds is 2. The van der Waals surface area contributed by atoms with Gasteiger partial charge in [-0.2, -0.15) is 5.10 Å². The van der Waals surface area contributed by atoms with Crippen LogP contribution >= 0.6 is 0 Å². The van der Waals surface area contributed by atoms with E-state index in [0.29, 0.717) is 5.82 Å². The van der Waals surface area contributed by atoms with E-state index in [-0.39, 0.29) is 5.54 Å². The monoisotopic (exact) mass is 194 g/mol. The van der Waals surface area contributed by atoms with Gasteiger partial charge in [-0.25, -0.2) is 0 Å². The molecule has 1 aromatic heterocycles. The number of aromatic nitrogens is 2. The van der Waals surface area contributed by atoms with Crippen molar-refractivity contribution in [3.8, 4) is 0 Å². The van der Waals surface area contributed by atoms with Crippen molar-refractivity contribution in [3.63, 3.8) is 0 Å². The molecule has 78 valence electrons. The molecule has 1 aliphatic rings. The molecule has 1 fully saturated rings. The van der Waals surface area contributed by atoms with Crippen LogP contribution in [0.3, 0.4) is 0 Å². The summed E-state index contributed by atoms with van der Waals surface area (Å²) in [5, 5.41) is 10.1. The number of nitrogens with zero attached hydrogens (tertiary/aromatic N) is 1. The Morgan fingerprint density at radius 2 is 2.14 bits per heavy atom. The van der Waals surface area contributed by atoms with Gasteiger partial charge in [-0.15, -0.1) is 0 Å². The van der Waals surface area contributed by atoms with E-state index in [2.05, 4.69) is 22.4 Å². The third-order valence-electron chi connectivity index (χ3n) is 3.06. The number of H-pyrrole nitrogens is 1. The van der Waals surface area contributed by atoms with E-state index in [1.165, 1.54) is 32.1 Å². The Labute approximate surface area is 84.3 Å². The lowest BCUT2D eigenvalue weighted by atomic mass is 9.83. The van der Waals surface area contributed by atoms with Gasteiger partial charge in [0.25, 0.3) is 0 Å². The first-order valence-corrected chi connectivity index (χ1v) is 5.27. The molecule has 0 aliphatic heterocycles. The third-order valence-corrected chi connectivity index (χ3v) is 3.06. The number of nitrogen functional groups attached to an aromatic ring is 1. The van der Waals surface area contributed by atoms with Crippen LogP contribution in [0.15, 0.2) is 6.20 Å². The van der Waals surface area contributed by atoms with Crippen molar-refractivity contribution in [3.05, 3.63) is 6.20 Å². The number of aromatic amines is 1. The third kappa shape index (κ3) is 1.84. The fourth-order valence-electron chi connectivity index (χ4n) is 2.18. The van der Waals surface area contributed by atoms with Crippen LogP contribution in [0.4, 0.5) is 11.5 Å². The fourth-order valence-corrected chi connectivity index (χ4v) is 2.18. The van der Waals surface area contributed by atoms with E-state index in [1.54, 1.807) is 6.20 Å². The lowest BCUT2D eigenvalue weighted by molar-refractivity contribution is 0.349. The normalized spacial score (nSPS) is 20.6. The molecule has 0 radical (unpaired) electrons. The van der Waals surface area contributed by atoms with Gasteiger partial charge >= 0.3 is 0 Å². The van der Waals surface area contributed by atoms with Crippen molar-refractivity contribution in [2.45, 2.75) is 44.6 Å². The smallest absolute Gasteiger partial charge is 0.142 e. The van der Waals surface area contributed by atoms with Gasteiger partial charge in [0.2, 0.25) is 0 Å². The predicted molar refractivity (Wildman–Crippen MR) is 58.1 cm³/mol. The standard InChI is InChI=1S/C10H18N4/c1-10(5-3-2-4-6-10)13-8-7-12-14-9(8)11/h7,13H,2-6H2,1H3,(H3,11,12,14). The molecule has 0 amide bonds. The Kier molecular flexibility index (Phi) is 2.35. The zero-order valence-corrected chi connectivity index (χ0v) is 8.64. The summed E-state index contributed by atoms with van der Waals surface area (Å²) in [7, 11) is 0. The zero-order chi connectivity index (χ0) is 10.0. The van der Waals surface area contributed by atoms with Gasteiger partial charge in [0, 0.05) is 5.54 Å². The van der Waals surface area contributed by atoms with Crippen molar-refractivity contribution < 1.29 is 0 Å². The average Bonchev–Trinajstić information content (AvgIpc) is 2.52. The summed E-state index contributed by atoms with van der Waals surface area (Å²) in [6.07, 6.45) is 8.17. The molecule has 0 unspecified atom stereocenters. The van der Waals surface area contributed by atoms with E-state index < -0.39 is 0 Å². The maximum Gasteiger partial charge on any atom is 0.142 e. The van der Waals surface area contributed by atoms with E-state index in [4.69, 9.17) is 5.73 Å². The molecule has 4 N–H and O–H groups in total. The predicted octanol–water partition coefficient (Wildman–Crippen LogP) is 2.13. The number of nitrogens with one attached hydrogen (secondary N) is 2. The average molecular weight is 194 g/mol. The van der Waals surface area contributed by atoms with Crippen molar-refractivity contribution in [2.75, 3.05) is 11.1 Å². The largest absolute Gasteiger partial charge is 0.382 e. The van der Waals surface area contributed by atoms with Crippen LogP contribution in [0.2, 0.25) is 0 Å². The van der Waals surface area contributed by atoms with E-state index >= 15 is 0 Å². The van der Waals surface area contributed by atoms with Crippen molar-refractivity contribution in [2.24, 2.45) is 0 Å². The minimum absolute atomic E-state index is 0.205. The molecule has 0 atom stereocenters. The molecule has 1 aromatic rings. The lowest BCUT2D eigenvalue weighted by Gasteiger charge is -2.35. The van der Waals surface area contributed by atoms with Crippen LogP contribution in [0.1, 0.15) is 39.0 Å². The summed E-state index contributed by atoms with van der Waals surface area (Å²) in [4.78, 5) is 0. The summed E-state index contributed by atoms with van der Waals surface area (Å²) in [6, 6.07) is 0. The minimum atomic E-state index is 0.205. The number of nitrogens with two attached hydrogens (primary N) is 1. The summed E-state index contributed by atoms with van der Waals surface area (Å²) >= 11 is 0. The molecule has 1 saturated carbocycles. The maximum atomic E-state index is 5.74. The number of hydrogen-bond donors (Lipinski definition) is 3. The van der Waals surface area contributed by atoms with E-state index in [0.717, 1.165) is 5.69 Å².